The lowest BCUT2D eigenvalue weighted by molar-refractivity contribution is 0.640. The van der Waals surface area contributed by atoms with Gasteiger partial charge >= 0.3 is 0 Å². The van der Waals surface area contributed by atoms with Gasteiger partial charge < -0.3 is 16.0 Å². The maximum absolute atomic E-state index is 6.17. The smallest absolute Gasteiger partial charge is 0.122 e. The molecule has 56 heavy (non-hydrogen) atoms. The lowest BCUT2D eigenvalue weighted by atomic mass is 9.76. The number of nitrogens with two attached hydrogens (primary N) is 2. The van der Waals surface area contributed by atoms with Gasteiger partial charge in [-0.15, -0.1) is 0 Å². The molecule has 0 saturated heterocycles. The fourth-order valence-electron chi connectivity index (χ4n) is 8.41. The largest absolute Gasteiger partial charge is 0.384 e. The van der Waals surface area contributed by atoms with Crippen LogP contribution in [0.25, 0.3) is 70.6 Å². The number of allylic oxidation sites excluding steroid dienone is 8. The molecule has 0 saturated carbocycles. The van der Waals surface area contributed by atoms with Crippen LogP contribution >= 0.6 is 0 Å². The highest BCUT2D eigenvalue weighted by molar-refractivity contribution is 6.33. The number of benzene rings is 7. The van der Waals surface area contributed by atoms with Crippen LogP contribution in [0, 0.1) is 0 Å². The molecule has 0 radical (unpaired) electrons. The van der Waals surface area contributed by atoms with Crippen molar-refractivity contribution in [3.05, 3.63) is 187 Å². The number of aliphatic imine (C=N–C) groups is 1. The maximum atomic E-state index is 6.17. The van der Waals surface area contributed by atoms with Crippen molar-refractivity contribution in [2.24, 2.45) is 16.5 Å². The van der Waals surface area contributed by atoms with Gasteiger partial charge in [-0.3, -0.25) is 4.99 Å². The normalized spacial score (nSPS) is 14.1. The van der Waals surface area contributed by atoms with Gasteiger partial charge in [-0.2, -0.15) is 0 Å². The van der Waals surface area contributed by atoms with Gasteiger partial charge in [0.05, 0.1) is 17.7 Å². The Labute approximate surface area is 329 Å². The van der Waals surface area contributed by atoms with Crippen LogP contribution in [0.15, 0.2) is 187 Å². The van der Waals surface area contributed by atoms with Crippen molar-refractivity contribution in [2.75, 3.05) is 6.67 Å². The van der Waals surface area contributed by atoms with Gasteiger partial charge in [-0.1, -0.05) is 166 Å². The Bertz CT molecular complexity index is 2960. The summed E-state index contributed by atoms with van der Waals surface area (Å²) < 4.78 is 2.48. The second-order valence-electron chi connectivity index (χ2n) is 15.0. The van der Waals surface area contributed by atoms with Gasteiger partial charge in [0.15, 0.2) is 0 Å². The number of fused-ring (bicyclic) bond motifs is 10. The van der Waals surface area contributed by atoms with Crippen LogP contribution in [0.5, 0.6) is 0 Å². The number of amidine groups is 1. The molecule has 4 nitrogen and oxygen atoms in total. The molecule has 0 aliphatic heterocycles. The van der Waals surface area contributed by atoms with E-state index in [1.54, 1.807) is 0 Å². The fraction of sp³-hybridized carbons (Fsp3) is 0.135. The molecule has 0 atom stereocenters. The third-order valence-electron chi connectivity index (χ3n) is 11.3. The Morgan fingerprint density at radius 3 is 1.96 bits per heavy atom. The average Bonchev–Trinajstić information content (AvgIpc) is 3.57. The molecule has 0 bridgehead atoms. The van der Waals surface area contributed by atoms with Gasteiger partial charge in [0.25, 0.3) is 0 Å². The van der Waals surface area contributed by atoms with Crippen LogP contribution in [-0.2, 0) is 5.41 Å². The van der Waals surface area contributed by atoms with Crippen LogP contribution < -0.4 is 11.5 Å². The number of nitrogens with zero attached hydrogens (tertiary/aromatic N) is 2. The Hall–Kier alpha value is -6.49. The molecule has 1 heterocycles. The number of rotatable bonds is 7. The van der Waals surface area contributed by atoms with Crippen LogP contribution in [0.2, 0.25) is 0 Å². The van der Waals surface area contributed by atoms with Gasteiger partial charge in [0, 0.05) is 27.3 Å². The molecule has 4 N–H and O–H groups in total. The standard InChI is InChI=1S/C32H26N4.C20H22/c33-19-35-32(34)20-13-15-23(16-14-20)36-29-18-22-8-2-1-7-21(22)17-28(29)30-26-11-5-3-9-24(26)25-10-4-6-12-27(25)31(30)36;1-5-9-18(10-6-2)20(3,4)19-14-13-16-11-7-8-12-17(16)15-19/h1-13,15,17-18H,14,16,19,33H2,(H2,34,35);5-15H,1H2,2-4H3/b;10-6-,18-9+. The van der Waals surface area contributed by atoms with E-state index >= 15 is 0 Å². The topological polar surface area (TPSA) is 69.3 Å². The minimum absolute atomic E-state index is 0.0370. The Kier molecular flexibility index (Phi) is 9.99. The van der Waals surface area contributed by atoms with Gasteiger partial charge in [-0.25, -0.2) is 0 Å². The summed E-state index contributed by atoms with van der Waals surface area (Å²) in [6.07, 6.45) is 14.2. The second-order valence-corrected chi connectivity index (χ2v) is 15.0. The molecular formula is C52H48N4. The molecule has 7 aromatic carbocycles. The van der Waals surface area contributed by atoms with Crippen LogP contribution in [-0.4, -0.2) is 17.1 Å². The summed E-state index contributed by atoms with van der Waals surface area (Å²) in [5.74, 6) is 0.539. The van der Waals surface area contributed by atoms with E-state index in [-0.39, 0.29) is 12.1 Å². The SMILES string of the molecule is C=C/C=C(\C=C/C)C(C)(C)c1ccc2ccccc2c1.NC/N=C(\N)C1=CC=C(n2c3cc4ccccc4cc3c3c4ccccc4c4ccccc4c32)CC1. The van der Waals surface area contributed by atoms with E-state index in [0.29, 0.717) is 5.84 Å². The first-order valence-electron chi connectivity index (χ1n) is 19.5. The van der Waals surface area contributed by atoms with Crippen molar-refractivity contribution in [2.45, 2.75) is 39.0 Å². The monoisotopic (exact) mass is 728 g/mol. The number of hydrogen-bond acceptors (Lipinski definition) is 2. The van der Waals surface area contributed by atoms with E-state index in [4.69, 9.17) is 11.5 Å². The lowest BCUT2D eigenvalue weighted by Crippen LogP contribution is -2.19. The molecule has 1 aromatic heterocycles. The zero-order valence-corrected chi connectivity index (χ0v) is 32.5. The van der Waals surface area contributed by atoms with Crippen molar-refractivity contribution in [1.29, 1.82) is 0 Å². The molecule has 1 aliphatic rings. The maximum Gasteiger partial charge on any atom is 0.122 e. The first-order valence-corrected chi connectivity index (χ1v) is 19.5. The highest BCUT2D eigenvalue weighted by atomic mass is 15.0. The quantitative estimate of drug-likeness (QED) is 0.0742. The van der Waals surface area contributed by atoms with Gasteiger partial charge in [0.1, 0.15) is 5.84 Å². The highest BCUT2D eigenvalue weighted by Gasteiger charge is 2.24. The predicted molar refractivity (Wildman–Crippen MR) is 244 cm³/mol. The van der Waals surface area contributed by atoms with Crippen molar-refractivity contribution in [3.8, 4) is 0 Å². The molecule has 0 spiro atoms. The Morgan fingerprint density at radius 1 is 0.714 bits per heavy atom. The minimum atomic E-state index is -0.0370. The summed E-state index contributed by atoms with van der Waals surface area (Å²) >= 11 is 0. The third kappa shape index (κ3) is 6.52. The Morgan fingerprint density at radius 2 is 1.32 bits per heavy atom. The van der Waals surface area contributed by atoms with Crippen molar-refractivity contribution < 1.29 is 0 Å². The molecule has 276 valence electrons. The zero-order chi connectivity index (χ0) is 38.8. The lowest BCUT2D eigenvalue weighted by Gasteiger charge is -2.27. The molecule has 0 fully saturated rings. The predicted octanol–water partition coefficient (Wildman–Crippen LogP) is 12.9. The summed E-state index contributed by atoms with van der Waals surface area (Å²) in [5, 5.41) is 12.8. The molecule has 8 aromatic rings. The second kappa shape index (κ2) is 15.3. The summed E-state index contributed by atoms with van der Waals surface area (Å²) in [7, 11) is 0. The third-order valence-corrected chi connectivity index (χ3v) is 11.3. The van der Waals surface area contributed by atoms with Crippen LogP contribution in [0.4, 0.5) is 0 Å². The molecule has 1 aliphatic carbocycles. The van der Waals surface area contributed by atoms with E-state index in [0.717, 1.165) is 18.4 Å². The molecule has 0 amide bonds. The average molecular weight is 729 g/mol. The summed E-state index contributed by atoms with van der Waals surface area (Å²) in [4.78, 5) is 4.21. The first-order chi connectivity index (χ1) is 27.3. The van der Waals surface area contributed by atoms with E-state index < -0.39 is 0 Å². The van der Waals surface area contributed by atoms with E-state index in [1.807, 2.05) is 13.0 Å². The molecule has 0 unspecified atom stereocenters. The van der Waals surface area contributed by atoms with Gasteiger partial charge in [0.2, 0.25) is 0 Å². The molecule has 9 rings (SSSR count). The summed E-state index contributed by atoms with van der Waals surface area (Å²) in [5.41, 5.74) is 19.1. The first kappa shape index (κ1) is 36.5. The Balaban J connectivity index is 0.000000188. The van der Waals surface area contributed by atoms with Crippen LogP contribution in [0.1, 0.15) is 39.2 Å². The summed E-state index contributed by atoms with van der Waals surface area (Å²) in [6, 6.07) is 46.1. The highest BCUT2D eigenvalue weighted by Crippen LogP contribution is 2.44. The number of hydrogen-bond donors (Lipinski definition) is 2. The minimum Gasteiger partial charge on any atom is -0.384 e. The van der Waals surface area contributed by atoms with Crippen molar-refractivity contribution in [1.82, 2.24) is 4.57 Å². The summed E-state index contributed by atoms with van der Waals surface area (Å²) in [6.45, 7) is 10.6. The van der Waals surface area contributed by atoms with E-state index in [1.165, 1.54) is 81.7 Å². The number of aromatic nitrogens is 1. The molecule has 4 heteroatoms. The zero-order valence-electron chi connectivity index (χ0n) is 32.5. The van der Waals surface area contributed by atoms with Gasteiger partial charge in [-0.05, 0) is 92.4 Å². The fourth-order valence-corrected chi connectivity index (χ4v) is 8.41. The van der Waals surface area contributed by atoms with Crippen molar-refractivity contribution in [3.63, 3.8) is 0 Å². The molecular weight excluding hydrogens is 681 g/mol. The van der Waals surface area contributed by atoms with Crippen molar-refractivity contribution >= 4 is 76.4 Å². The van der Waals surface area contributed by atoms with E-state index in [2.05, 4.69) is 188 Å². The van der Waals surface area contributed by atoms with E-state index in [9.17, 15) is 0 Å². The van der Waals surface area contributed by atoms with Crippen LogP contribution in [0.3, 0.4) is 0 Å².